The summed E-state index contributed by atoms with van der Waals surface area (Å²) in [6.45, 7) is 6.87. The highest BCUT2D eigenvalue weighted by Crippen LogP contribution is 2.29. The first kappa shape index (κ1) is 15.8. The number of carbonyl (C=O) groups excluding carboxylic acids is 2. The van der Waals surface area contributed by atoms with Crippen molar-refractivity contribution in [2.75, 3.05) is 7.11 Å². The van der Waals surface area contributed by atoms with E-state index < -0.39 is 35.9 Å². The van der Waals surface area contributed by atoms with E-state index in [1.54, 1.807) is 27.7 Å². The Balaban J connectivity index is 2.92. The van der Waals surface area contributed by atoms with Gasteiger partial charge in [-0.1, -0.05) is 0 Å². The lowest BCUT2D eigenvalue weighted by atomic mass is 10.1. The maximum atomic E-state index is 12.2. The molecule has 2 unspecified atom stereocenters. The zero-order valence-electron chi connectivity index (χ0n) is 12.2. The second-order valence-corrected chi connectivity index (χ2v) is 5.81. The maximum absolute atomic E-state index is 12.2. The molecule has 1 heterocycles. The van der Waals surface area contributed by atoms with E-state index in [0.29, 0.717) is 12.8 Å². The molecule has 1 saturated heterocycles. The number of aliphatic hydroxyl groups is 1. The molecule has 6 nitrogen and oxygen atoms in total. The Morgan fingerprint density at radius 1 is 1.32 bits per heavy atom. The van der Waals surface area contributed by atoms with Crippen LogP contribution in [-0.4, -0.2) is 53.0 Å². The van der Waals surface area contributed by atoms with Crippen LogP contribution in [0, 0.1) is 0 Å². The Morgan fingerprint density at radius 3 is 2.32 bits per heavy atom. The summed E-state index contributed by atoms with van der Waals surface area (Å²) < 4.78 is 10.00. The molecule has 1 N–H and O–H groups in total. The van der Waals surface area contributed by atoms with Crippen LogP contribution in [-0.2, 0) is 14.3 Å². The molecule has 0 radical (unpaired) electrons. The fourth-order valence-corrected chi connectivity index (χ4v) is 2.26. The quantitative estimate of drug-likeness (QED) is 0.768. The molecule has 0 bridgehead atoms. The van der Waals surface area contributed by atoms with E-state index >= 15 is 0 Å². The molecule has 0 spiro atoms. The SMILES string of the molecule is COC(=O)C1CC[C@@H](C(C)O)N1C(=O)OC(C)(C)C. The molecule has 1 rings (SSSR count). The number of hydrogen-bond donors (Lipinski definition) is 1. The third-order valence-electron chi connectivity index (χ3n) is 3.06. The van der Waals surface area contributed by atoms with E-state index in [0.717, 1.165) is 0 Å². The van der Waals surface area contributed by atoms with E-state index in [2.05, 4.69) is 0 Å². The molecule has 0 aliphatic carbocycles. The van der Waals surface area contributed by atoms with Crippen molar-refractivity contribution in [2.24, 2.45) is 0 Å². The first-order chi connectivity index (χ1) is 8.67. The number of carbonyl (C=O) groups is 2. The van der Waals surface area contributed by atoms with Crippen LogP contribution in [0.4, 0.5) is 4.79 Å². The third kappa shape index (κ3) is 3.83. The van der Waals surface area contributed by atoms with Gasteiger partial charge in [0.1, 0.15) is 11.6 Å². The van der Waals surface area contributed by atoms with Gasteiger partial charge in [0, 0.05) is 0 Å². The first-order valence-corrected chi connectivity index (χ1v) is 6.44. The Hall–Kier alpha value is -1.30. The average molecular weight is 273 g/mol. The second kappa shape index (κ2) is 5.77. The van der Waals surface area contributed by atoms with Gasteiger partial charge in [0.05, 0.1) is 19.3 Å². The highest BCUT2D eigenvalue weighted by Gasteiger charge is 2.45. The van der Waals surface area contributed by atoms with Crippen LogP contribution in [0.5, 0.6) is 0 Å². The normalized spacial score (nSPS) is 25.1. The Bertz CT molecular complexity index is 347. The Labute approximate surface area is 113 Å². The van der Waals surface area contributed by atoms with Crippen molar-refractivity contribution in [3.05, 3.63) is 0 Å². The molecule has 3 atom stereocenters. The molecule has 1 aliphatic heterocycles. The Morgan fingerprint density at radius 2 is 1.89 bits per heavy atom. The van der Waals surface area contributed by atoms with E-state index in [1.807, 2.05) is 0 Å². The minimum Gasteiger partial charge on any atom is -0.467 e. The number of hydrogen-bond acceptors (Lipinski definition) is 5. The van der Waals surface area contributed by atoms with Gasteiger partial charge in [-0.05, 0) is 40.5 Å². The predicted octanol–water partition coefficient (Wildman–Crippen LogP) is 1.31. The summed E-state index contributed by atoms with van der Waals surface area (Å²) in [6.07, 6.45) is -0.286. The van der Waals surface area contributed by atoms with E-state index in [1.165, 1.54) is 12.0 Å². The van der Waals surface area contributed by atoms with Crippen molar-refractivity contribution < 1.29 is 24.2 Å². The molecular formula is C13H23NO5. The van der Waals surface area contributed by atoms with E-state index in [9.17, 15) is 14.7 Å². The molecule has 0 aromatic heterocycles. The van der Waals surface area contributed by atoms with Crippen LogP contribution in [0.3, 0.4) is 0 Å². The Kier molecular flexibility index (Phi) is 4.79. The zero-order valence-corrected chi connectivity index (χ0v) is 12.2. The number of amides is 1. The summed E-state index contributed by atoms with van der Waals surface area (Å²) in [7, 11) is 1.28. The van der Waals surface area contributed by atoms with E-state index in [-0.39, 0.29) is 0 Å². The molecule has 110 valence electrons. The van der Waals surface area contributed by atoms with Crippen LogP contribution in [0.25, 0.3) is 0 Å². The summed E-state index contributed by atoms with van der Waals surface area (Å²) in [5.41, 5.74) is -0.649. The molecule has 0 aromatic rings. The van der Waals surface area contributed by atoms with Gasteiger partial charge in [0.15, 0.2) is 0 Å². The third-order valence-corrected chi connectivity index (χ3v) is 3.06. The summed E-state index contributed by atoms with van der Waals surface area (Å²) >= 11 is 0. The van der Waals surface area contributed by atoms with Crippen molar-refractivity contribution in [1.29, 1.82) is 0 Å². The zero-order chi connectivity index (χ0) is 14.8. The van der Waals surface area contributed by atoms with Gasteiger partial charge >= 0.3 is 12.1 Å². The molecule has 1 aliphatic rings. The topological polar surface area (TPSA) is 76.1 Å². The van der Waals surface area contributed by atoms with Gasteiger partial charge in [-0.2, -0.15) is 0 Å². The number of rotatable bonds is 2. The monoisotopic (exact) mass is 273 g/mol. The van der Waals surface area contributed by atoms with Gasteiger partial charge in [-0.25, -0.2) is 9.59 Å². The van der Waals surface area contributed by atoms with Gasteiger partial charge in [0.2, 0.25) is 0 Å². The van der Waals surface area contributed by atoms with Crippen LogP contribution in [0.1, 0.15) is 40.5 Å². The second-order valence-electron chi connectivity index (χ2n) is 5.81. The molecule has 19 heavy (non-hydrogen) atoms. The number of methoxy groups -OCH3 is 1. The standard InChI is InChI=1S/C13H23NO5/c1-8(15)9-6-7-10(11(16)18-5)14(9)12(17)19-13(2,3)4/h8-10,15H,6-7H2,1-5H3/t8?,9-,10?/m0/s1. The summed E-state index contributed by atoms with van der Waals surface area (Å²) in [5.74, 6) is -0.478. The molecular weight excluding hydrogens is 250 g/mol. The van der Waals surface area contributed by atoms with Crippen LogP contribution in [0.15, 0.2) is 0 Å². The highest BCUT2D eigenvalue weighted by atomic mass is 16.6. The maximum Gasteiger partial charge on any atom is 0.411 e. The number of esters is 1. The number of ether oxygens (including phenoxy) is 2. The smallest absolute Gasteiger partial charge is 0.411 e. The summed E-state index contributed by atoms with van der Waals surface area (Å²) in [4.78, 5) is 25.2. The molecule has 1 fully saturated rings. The lowest BCUT2D eigenvalue weighted by molar-refractivity contribution is -0.146. The van der Waals surface area contributed by atoms with Gasteiger partial charge in [-0.3, -0.25) is 4.90 Å². The predicted molar refractivity (Wildman–Crippen MR) is 68.6 cm³/mol. The molecule has 1 amide bonds. The minimum absolute atomic E-state index is 0.418. The van der Waals surface area contributed by atoms with Crippen molar-refractivity contribution in [2.45, 2.75) is 64.3 Å². The van der Waals surface area contributed by atoms with E-state index in [4.69, 9.17) is 9.47 Å². The first-order valence-electron chi connectivity index (χ1n) is 6.44. The van der Waals surface area contributed by atoms with Crippen LogP contribution in [0.2, 0.25) is 0 Å². The van der Waals surface area contributed by atoms with Crippen molar-refractivity contribution in [3.63, 3.8) is 0 Å². The lowest BCUT2D eigenvalue weighted by Crippen LogP contribution is -2.50. The average Bonchev–Trinajstić information content (AvgIpc) is 2.70. The summed E-state index contributed by atoms with van der Waals surface area (Å²) in [6, 6.07) is -1.10. The molecule has 0 aromatic carbocycles. The van der Waals surface area contributed by atoms with Crippen molar-refractivity contribution >= 4 is 12.1 Å². The van der Waals surface area contributed by atoms with Gasteiger partial charge < -0.3 is 14.6 Å². The molecule has 0 saturated carbocycles. The fraction of sp³-hybridized carbons (Fsp3) is 0.846. The van der Waals surface area contributed by atoms with Crippen molar-refractivity contribution in [1.82, 2.24) is 4.90 Å². The number of likely N-dealkylation sites (tertiary alicyclic amines) is 1. The molecule has 6 heteroatoms. The van der Waals surface area contributed by atoms with Gasteiger partial charge in [0.25, 0.3) is 0 Å². The lowest BCUT2D eigenvalue weighted by Gasteiger charge is -2.32. The number of aliphatic hydroxyl groups excluding tert-OH is 1. The number of nitrogens with zero attached hydrogens (tertiary/aromatic N) is 1. The largest absolute Gasteiger partial charge is 0.467 e. The fourth-order valence-electron chi connectivity index (χ4n) is 2.26. The minimum atomic E-state index is -0.720. The van der Waals surface area contributed by atoms with Crippen LogP contribution >= 0.6 is 0 Å². The highest BCUT2D eigenvalue weighted by molar-refractivity contribution is 5.82. The van der Waals surface area contributed by atoms with Crippen LogP contribution < -0.4 is 0 Å². The van der Waals surface area contributed by atoms with Gasteiger partial charge in [-0.15, -0.1) is 0 Å². The summed E-state index contributed by atoms with van der Waals surface area (Å²) in [5, 5.41) is 9.74. The van der Waals surface area contributed by atoms with Crippen molar-refractivity contribution in [3.8, 4) is 0 Å².